The molecule has 0 aliphatic carbocycles. The maximum absolute atomic E-state index is 13.3. The maximum atomic E-state index is 13.3. The molecule has 0 spiro atoms. The molecule has 0 aliphatic heterocycles. The Balaban J connectivity index is 2.49. The molecule has 0 saturated carbocycles. The van der Waals surface area contributed by atoms with Crippen LogP contribution in [0.3, 0.4) is 0 Å². The second-order valence-corrected chi connectivity index (χ2v) is 7.75. The minimum Gasteiger partial charge on any atom is -0.262 e. The molecule has 3 nitrogen and oxygen atoms in total. The number of halogens is 2. The topological polar surface area (TPSA) is 37.4 Å². The Bertz CT molecular complexity index is 807. The van der Waals surface area contributed by atoms with Gasteiger partial charge in [-0.1, -0.05) is 17.7 Å². The van der Waals surface area contributed by atoms with Crippen LogP contribution < -0.4 is 4.31 Å². The highest BCUT2D eigenvalue weighted by Gasteiger charge is 2.24. The maximum Gasteiger partial charge on any atom is 0.264 e. The molecule has 23 heavy (non-hydrogen) atoms. The summed E-state index contributed by atoms with van der Waals surface area (Å²) in [6.07, 6.45) is 3.37. The summed E-state index contributed by atoms with van der Waals surface area (Å²) in [5, 5.41) is -0.135. The predicted octanol–water partition coefficient (Wildman–Crippen LogP) is 4.58. The van der Waals surface area contributed by atoms with Gasteiger partial charge in [-0.3, -0.25) is 4.31 Å². The number of anilines is 1. The van der Waals surface area contributed by atoms with Crippen molar-refractivity contribution in [1.82, 2.24) is 0 Å². The first-order valence-electron chi connectivity index (χ1n) is 6.63. The van der Waals surface area contributed by atoms with Crippen LogP contribution in [0, 0.1) is 5.82 Å². The van der Waals surface area contributed by atoms with Crippen LogP contribution in [-0.2, 0) is 10.0 Å². The Morgan fingerprint density at radius 1 is 1.26 bits per heavy atom. The van der Waals surface area contributed by atoms with Crippen molar-refractivity contribution in [2.75, 3.05) is 17.1 Å². The lowest BCUT2D eigenvalue weighted by molar-refractivity contribution is 0.592. The molecular formula is C16H15ClFNO2S2. The number of nitrogens with zero attached hydrogens (tertiary/aromatic N) is 1. The molecule has 0 bridgehead atoms. The smallest absolute Gasteiger partial charge is 0.262 e. The molecule has 0 radical (unpaired) electrons. The molecule has 122 valence electrons. The Morgan fingerprint density at radius 2 is 1.91 bits per heavy atom. The SMILES string of the molecule is C=CCN(c1ccc(F)c(Cl)c1)S(=O)(=O)c1ccc(SC)cc1. The van der Waals surface area contributed by atoms with Gasteiger partial charge < -0.3 is 0 Å². The summed E-state index contributed by atoms with van der Waals surface area (Å²) in [5.41, 5.74) is 0.283. The summed E-state index contributed by atoms with van der Waals surface area (Å²) in [6.45, 7) is 3.63. The summed E-state index contributed by atoms with van der Waals surface area (Å²) in [6, 6.07) is 10.4. The van der Waals surface area contributed by atoms with E-state index in [-0.39, 0.29) is 22.2 Å². The van der Waals surface area contributed by atoms with E-state index in [0.29, 0.717) is 0 Å². The minimum atomic E-state index is -3.80. The van der Waals surface area contributed by atoms with Crippen molar-refractivity contribution in [3.63, 3.8) is 0 Å². The van der Waals surface area contributed by atoms with Gasteiger partial charge in [-0.05, 0) is 48.7 Å². The lowest BCUT2D eigenvalue weighted by Crippen LogP contribution is -2.31. The molecule has 2 aromatic carbocycles. The number of hydrogen-bond donors (Lipinski definition) is 0. The lowest BCUT2D eigenvalue weighted by Gasteiger charge is -2.23. The van der Waals surface area contributed by atoms with E-state index in [9.17, 15) is 12.8 Å². The van der Waals surface area contributed by atoms with Crippen LogP contribution in [0.5, 0.6) is 0 Å². The van der Waals surface area contributed by atoms with E-state index in [1.54, 1.807) is 24.3 Å². The van der Waals surface area contributed by atoms with E-state index >= 15 is 0 Å². The van der Waals surface area contributed by atoms with Gasteiger partial charge >= 0.3 is 0 Å². The van der Waals surface area contributed by atoms with E-state index in [1.165, 1.54) is 30.0 Å². The third-order valence-electron chi connectivity index (χ3n) is 3.13. The molecule has 0 unspecified atom stereocenters. The number of hydrogen-bond acceptors (Lipinski definition) is 3. The molecule has 0 heterocycles. The van der Waals surface area contributed by atoms with Gasteiger partial charge in [-0.2, -0.15) is 0 Å². The molecule has 2 rings (SSSR count). The standard InChI is InChI=1S/C16H15ClFNO2S2/c1-3-10-19(12-4-9-16(18)15(17)11-12)23(20,21)14-7-5-13(22-2)6-8-14/h3-9,11H,1,10H2,2H3. The summed E-state index contributed by atoms with van der Waals surface area (Å²) in [7, 11) is -3.80. The minimum absolute atomic E-state index is 0.0502. The summed E-state index contributed by atoms with van der Waals surface area (Å²) in [5.74, 6) is -0.601. The molecule has 7 heteroatoms. The van der Waals surface area contributed by atoms with Crippen LogP contribution in [0.2, 0.25) is 5.02 Å². The van der Waals surface area contributed by atoms with E-state index in [4.69, 9.17) is 11.6 Å². The fourth-order valence-corrected chi connectivity index (χ4v) is 3.98. The van der Waals surface area contributed by atoms with E-state index in [2.05, 4.69) is 6.58 Å². The third-order valence-corrected chi connectivity index (χ3v) is 5.97. The molecular weight excluding hydrogens is 357 g/mol. The van der Waals surface area contributed by atoms with Crippen molar-refractivity contribution < 1.29 is 12.8 Å². The van der Waals surface area contributed by atoms with E-state index in [1.807, 2.05) is 6.26 Å². The Labute approximate surface area is 144 Å². The summed E-state index contributed by atoms with van der Waals surface area (Å²) in [4.78, 5) is 1.11. The van der Waals surface area contributed by atoms with Gasteiger partial charge in [-0.25, -0.2) is 12.8 Å². The molecule has 2 aromatic rings. The second kappa shape index (κ2) is 7.38. The fourth-order valence-electron chi connectivity index (χ4n) is 1.97. The van der Waals surface area contributed by atoms with Crippen LogP contribution in [0.1, 0.15) is 0 Å². The monoisotopic (exact) mass is 371 g/mol. The number of sulfonamides is 1. The van der Waals surface area contributed by atoms with Gasteiger partial charge in [0.15, 0.2) is 0 Å². The fraction of sp³-hybridized carbons (Fsp3) is 0.125. The van der Waals surface area contributed by atoms with Crippen LogP contribution in [0.15, 0.2) is 64.9 Å². The quantitative estimate of drug-likeness (QED) is 0.551. The first-order valence-corrected chi connectivity index (χ1v) is 9.67. The molecule has 0 atom stereocenters. The average molecular weight is 372 g/mol. The van der Waals surface area contributed by atoms with Crippen molar-refractivity contribution in [2.24, 2.45) is 0 Å². The average Bonchev–Trinajstić information content (AvgIpc) is 2.55. The van der Waals surface area contributed by atoms with Gasteiger partial charge in [-0.15, -0.1) is 18.3 Å². The number of benzene rings is 2. The van der Waals surface area contributed by atoms with Crippen molar-refractivity contribution in [1.29, 1.82) is 0 Å². The van der Waals surface area contributed by atoms with Gasteiger partial charge in [0.1, 0.15) is 5.82 Å². The Morgan fingerprint density at radius 3 is 2.43 bits per heavy atom. The van der Waals surface area contributed by atoms with Crippen molar-refractivity contribution in [3.8, 4) is 0 Å². The van der Waals surface area contributed by atoms with E-state index < -0.39 is 15.8 Å². The first kappa shape index (κ1) is 17.8. The zero-order valence-electron chi connectivity index (χ0n) is 12.4. The third kappa shape index (κ3) is 3.88. The first-order chi connectivity index (χ1) is 10.9. The Kier molecular flexibility index (Phi) is 5.73. The highest BCUT2D eigenvalue weighted by molar-refractivity contribution is 7.98. The normalized spacial score (nSPS) is 11.3. The van der Waals surface area contributed by atoms with Crippen molar-refractivity contribution >= 4 is 39.1 Å². The lowest BCUT2D eigenvalue weighted by atomic mass is 10.3. The van der Waals surface area contributed by atoms with Crippen molar-refractivity contribution in [2.45, 2.75) is 9.79 Å². The second-order valence-electron chi connectivity index (χ2n) is 4.60. The van der Waals surface area contributed by atoms with E-state index in [0.717, 1.165) is 15.3 Å². The van der Waals surface area contributed by atoms with Gasteiger partial charge in [0.05, 0.1) is 22.2 Å². The number of rotatable bonds is 6. The molecule has 0 amide bonds. The zero-order valence-corrected chi connectivity index (χ0v) is 14.8. The Hall–Kier alpha value is -1.50. The summed E-state index contributed by atoms with van der Waals surface area (Å²) >= 11 is 7.29. The van der Waals surface area contributed by atoms with Crippen molar-refractivity contribution in [3.05, 3.63) is 66.0 Å². The van der Waals surface area contributed by atoms with Gasteiger partial charge in [0.25, 0.3) is 10.0 Å². The highest BCUT2D eigenvalue weighted by Crippen LogP contribution is 2.28. The molecule has 0 N–H and O–H groups in total. The van der Waals surface area contributed by atoms with Crippen LogP contribution in [0.4, 0.5) is 10.1 Å². The number of thioether (sulfide) groups is 1. The highest BCUT2D eigenvalue weighted by atomic mass is 35.5. The van der Waals surface area contributed by atoms with Gasteiger partial charge in [0, 0.05) is 4.90 Å². The van der Waals surface area contributed by atoms with Crippen LogP contribution in [0.25, 0.3) is 0 Å². The van der Waals surface area contributed by atoms with Crippen LogP contribution >= 0.6 is 23.4 Å². The van der Waals surface area contributed by atoms with Crippen LogP contribution in [-0.4, -0.2) is 21.2 Å². The molecule has 0 aliphatic rings. The summed E-state index contributed by atoms with van der Waals surface area (Å²) < 4.78 is 40.2. The molecule has 0 saturated heterocycles. The largest absolute Gasteiger partial charge is 0.264 e. The zero-order chi connectivity index (χ0) is 17.0. The molecule has 0 aromatic heterocycles. The van der Waals surface area contributed by atoms with Gasteiger partial charge in [0.2, 0.25) is 0 Å². The molecule has 0 fully saturated rings. The predicted molar refractivity (Wildman–Crippen MR) is 94.4 cm³/mol.